The number of hydrogen-bond acceptors (Lipinski definition) is 5. The van der Waals surface area contributed by atoms with E-state index in [1.807, 2.05) is 36.4 Å². The number of hydrogen-bond donors (Lipinski definition) is 0. The summed E-state index contributed by atoms with van der Waals surface area (Å²) in [6.07, 6.45) is 1.26. The quantitative estimate of drug-likeness (QED) is 0.852. The summed E-state index contributed by atoms with van der Waals surface area (Å²) < 4.78 is 29.9. The van der Waals surface area contributed by atoms with E-state index in [1.54, 1.807) is 0 Å². The summed E-state index contributed by atoms with van der Waals surface area (Å²) in [4.78, 5) is 2.18. The Morgan fingerprint density at radius 2 is 1.82 bits per heavy atom. The molecule has 6 nitrogen and oxygen atoms in total. The summed E-state index contributed by atoms with van der Waals surface area (Å²) in [5.74, 6) is 0.798. The number of nitrogens with zero attached hydrogens (tertiary/aromatic N) is 3. The van der Waals surface area contributed by atoms with Crippen molar-refractivity contribution in [2.24, 2.45) is 0 Å². The number of rotatable bonds is 4. The molecule has 1 aliphatic rings. The fourth-order valence-corrected chi connectivity index (χ4v) is 3.40. The minimum atomic E-state index is -3.08. The van der Waals surface area contributed by atoms with E-state index in [0.29, 0.717) is 32.7 Å². The Hall–Kier alpha value is -1.70. The monoisotopic (exact) mass is 321 g/mol. The van der Waals surface area contributed by atoms with Crippen molar-refractivity contribution >= 4 is 10.0 Å². The van der Waals surface area contributed by atoms with Crippen molar-refractivity contribution in [2.45, 2.75) is 6.54 Å². The third-order valence-corrected chi connectivity index (χ3v) is 5.11. The minimum Gasteiger partial charge on any atom is -0.359 e. The maximum Gasteiger partial charge on any atom is 0.211 e. The van der Waals surface area contributed by atoms with Gasteiger partial charge in [0.2, 0.25) is 10.0 Å². The predicted molar refractivity (Wildman–Crippen MR) is 83.6 cm³/mol. The van der Waals surface area contributed by atoms with Gasteiger partial charge in [0, 0.05) is 37.8 Å². The van der Waals surface area contributed by atoms with Crippen LogP contribution < -0.4 is 0 Å². The first kappa shape index (κ1) is 15.2. The zero-order chi connectivity index (χ0) is 15.6. The molecule has 0 N–H and O–H groups in total. The molecule has 0 radical (unpaired) electrons. The van der Waals surface area contributed by atoms with E-state index in [1.165, 1.54) is 10.6 Å². The van der Waals surface area contributed by atoms with E-state index in [0.717, 1.165) is 17.0 Å². The second kappa shape index (κ2) is 6.20. The fraction of sp³-hybridized carbons (Fsp3) is 0.400. The van der Waals surface area contributed by atoms with Gasteiger partial charge in [-0.2, -0.15) is 4.31 Å². The van der Waals surface area contributed by atoms with Crippen LogP contribution in [0.4, 0.5) is 0 Å². The fourth-order valence-electron chi connectivity index (χ4n) is 2.57. The molecule has 7 heteroatoms. The van der Waals surface area contributed by atoms with E-state index in [9.17, 15) is 8.42 Å². The van der Waals surface area contributed by atoms with Gasteiger partial charge in [-0.25, -0.2) is 8.42 Å². The Labute approximate surface area is 130 Å². The number of benzene rings is 1. The molecule has 0 atom stereocenters. The van der Waals surface area contributed by atoms with Gasteiger partial charge >= 0.3 is 0 Å². The normalized spacial score (nSPS) is 17.7. The van der Waals surface area contributed by atoms with Gasteiger partial charge < -0.3 is 4.52 Å². The molecule has 0 unspecified atom stereocenters. The molecule has 0 saturated carbocycles. The number of aromatic nitrogens is 1. The van der Waals surface area contributed by atoms with Crippen molar-refractivity contribution in [3.05, 3.63) is 42.2 Å². The smallest absolute Gasteiger partial charge is 0.211 e. The molecule has 1 fully saturated rings. The highest BCUT2D eigenvalue weighted by atomic mass is 32.2. The van der Waals surface area contributed by atoms with Crippen LogP contribution in [0.25, 0.3) is 11.3 Å². The minimum absolute atomic E-state index is 0.526. The van der Waals surface area contributed by atoms with Gasteiger partial charge in [-0.1, -0.05) is 35.5 Å². The second-order valence-electron chi connectivity index (χ2n) is 5.48. The lowest BCUT2D eigenvalue weighted by Gasteiger charge is -2.32. The van der Waals surface area contributed by atoms with Crippen molar-refractivity contribution in [2.75, 3.05) is 32.4 Å². The van der Waals surface area contributed by atoms with Crippen LogP contribution in [-0.4, -0.2) is 55.2 Å². The molecule has 3 rings (SSSR count). The van der Waals surface area contributed by atoms with Crippen LogP contribution in [0.2, 0.25) is 0 Å². The molecule has 1 saturated heterocycles. The number of piperazine rings is 1. The maximum atomic E-state index is 11.5. The molecular weight excluding hydrogens is 302 g/mol. The molecular formula is C15H19N3O3S. The van der Waals surface area contributed by atoms with E-state index in [-0.39, 0.29) is 0 Å². The van der Waals surface area contributed by atoms with Gasteiger partial charge in [0.1, 0.15) is 5.69 Å². The highest BCUT2D eigenvalue weighted by Gasteiger charge is 2.24. The van der Waals surface area contributed by atoms with E-state index in [2.05, 4.69) is 10.1 Å². The van der Waals surface area contributed by atoms with Gasteiger partial charge in [-0.15, -0.1) is 0 Å². The van der Waals surface area contributed by atoms with Crippen molar-refractivity contribution in [1.29, 1.82) is 0 Å². The molecule has 1 aromatic carbocycles. The third-order valence-electron chi connectivity index (χ3n) is 3.81. The van der Waals surface area contributed by atoms with Crippen LogP contribution in [-0.2, 0) is 16.6 Å². The Bertz CT molecular complexity index is 720. The first-order valence-electron chi connectivity index (χ1n) is 7.21. The van der Waals surface area contributed by atoms with Gasteiger partial charge in [-0.05, 0) is 0 Å². The van der Waals surface area contributed by atoms with Gasteiger partial charge in [-0.3, -0.25) is 4.90 Å². The third kappa shape index (κ3) is 3.55. The highest BCUT2D eigenvalue weighted by Crippen LogP contribution is 2.20. The average molecular weight is 321 g/mol. The maximum absolute atomic E-state index is 11.5. The first-order chi connectivity index (χ1) is 10.5. The lowest BCUT2D eigenvalue weighted by molar-refractivity contribution is 0.166. The summed E-state index contributed by atoms with van der Waals surface area (Å²) in [6, 6.07) is 11.8. The van der Waals surface area contributed by atoms with Crippen molar-refractivity contribution < 1.29 is 12.9 Å². The first-order valence-corrected chi connectivity index (χ1v) is 9.06. The van der Waals surface area contributed by atoms with Gasteiger partial charge in [0.05, 0.1) is 12.8 Å². The summed E-state index contributed by atoms with van der Waals surface area (Å²) >= 11 is 0. The average Bonchev–Trinajstić information content (AvgIpc) is 2.96. The molecule has 1 aromatic heterocycles. The van der Waals surface area contributed by atoms with Crippen molar-refractivity contribution in [3.8, 4) is 11.3 Å². The molecule has 0 spiro atoms. The Kier molecular flexibility index (Phi) is 4.28. The van der Waals surface area contributed by atoms with Gasteiger partial charge in [0.25, 0.3) is 0 Å². The van der Waals surface area contributed by atoms with Crippen LogP contribution in [0, 0.1) is 0 Å². The van der Waals surface area contributed by atoms with E-state index < -0.39 is 10.0 Å². The molecule has 2 heterocycles. The van der Waals surface area contributed by atoms with Gasteiger partial charge in [0.15, 0.2) is 5.76 Å². The van der Waals surface area contributed by atoms with Crippen LogP contribution in [0.5, 0.6) is 0 Å². The Morgan fingerprint density at radius 3 is 2.45 bits per heavy atom. The largest absolute Gasteiger partial charge is 0.359 e. The summed E-state index contributed by atoms with van der Waals surface area (Å²) in [5.41, 5.74) is 1.85. The molecule has 2 aromatic rings. The van der Waals surface area contributed by atoms with Crippen LogP contribution >= 0.6 is 0 Å². The van der Waals surface area contributed by atoms with Crippen molar-refractivity contribution in [3.63, 3.8) is 0 Å². The predicted octanol–water partition coefficient (Wildman–Crippen LogP) is 1.42. The molecule has 0 aliphatic carbocycles. The molecule has 0 bridgehead atoms. The van der Waals surface area contributed by atoms with E-state index in [4.69, 9.17) is 4.52 Å². The Balaban J connectivity index is 1.60. The lowest BCUT2D eigenvalue weighted by Crippen LogP contribution is -2.47. The van der Waals surface area contributed by atoms with Crippen molar-refractivity contribution in [1.82, 2.24) is 14.4 Å². The van der Waals surface area contributed by atoms with Crippen LogP contribution in [0.15, 0.2) is 40.9 Å². The topological polar surface area (TPSA) is 66.7 Å². The zero-order valence-electron chi connectivity index (χ0n) is 12.5. The summed E-state index contributed by atoms with van der Waals surface area (Å²) in [7, 11) is -3.08. The number of sulfonamides is 1. The molecule has 118 valence electrons. The highest BCUT2D eigenvalue weighted by molar-refractivity contribution is 7.88. The molecule has 1 aliphatic heterocycles. The van der Waals surface area contributed by atoms with Crippen LogP contribution in [0.1, 0.15) is 5.76 Å². The second-order valence-corrected chi connectivity index (χ2v) is 7.47. The molecule has 22 heavy (non-hydrogen) atoms. The lowest BCUT2D eigenvalue weighted by atomic mass is 10.1. The Morgan fingerprint density at radius 1 is 1.14 bits per heavy atom. The summed E-state index contributed by atoms with van der Waals surface area (Å²) in [6.45, 7) is 3.11. The SMILES string of the molecule is CS(=O)(=O)N1CCN(Cc2cc(-c3ccccc3)no2)CC1. The standard InChI is InChI=1S/C15H19N3O3S/c1-22(19,20)18-9-7-17(8-10-18)12-14-11-15(16-21-14)13-5-3-2-4-6-13/h2-6,11H,7-10,12H2,1H3. The van der Waals surface area contributed by atoms with E-state index >= 15 is 0 Å². The van der Waals surface area contributed by atoms with Crippen LogP contribution in [0.3, 0.4) is 0 Å². The molecule has 0 amide bonds. The zero-order valence-corrected chi connectivity index (χ0v) is 13.3. The summed E-state index contributed by atoms with van der Waals surface area (Å²) in [5, 5.41) is 4.10.